The molecule has 19 heavy (non-hydrogen) atoms. The van der Waals surface area contributed by atoms with Crippen LogP contribution in [0.4, 0.5) is 4.39 Å². The summed E-state index contributed by atoms with van der Waals surface area (Å²) < 4.78 is 23.7. The summed E-state index contributed by atoms with van der Waals surface area (Å²) >= 11 is 5.85. The summed E-state index contributed by atoms with van der Waals surface area (Å²) in [6.45, 7) is -0.639. The smallest absolute Gasteiger partial charge is 0.176 e. The molecule has 4 heteroatoms. The van der Waals surface area contributed by atoms with Gasteiger partial charge in [-0.3, -0.25) is 0 Å². The molecular formula is C15H9ClFO2. The first-order valence-corrected chi connectivity index (χ1v) is 6.06. The predicted molar refractivity (Wildman–Crippen MR) is 71.4 cm³/mol. The summed E-state index contributed by atoms with van der Waals surface area (Å²) in [5, 5.41) is 1.27. The summed E-state index contributed by atoms with van der Waals surface area (Å²) in [6.07, 6.45) is 0. The van der Waals surface area contributed by atoms with Crippen LogP contribution in [0.15, 0.2) is 46.9 Å². The van der Waals surface area contributed by atoms with Gasteiger partial charge in [0.1, 0.15) is 18.2 Å². The Morgan fingerprint density at radius 2 is 2.16 bits per heavy atom. The molecule has 0 fully saturated rings. The number of halogens is 2. The third-order valence-corrected chi connectivity index (χ3v) is 2.87. The maximum atomic E-state index is 12.6. The first kappa shape index (κ1) is 12.1. The Balaban J connectivity index is 2.02. The van der Waals surface area contributed by atoms with Crippen molar-refractivity contribution in [1.29, 1.82) is 0 Å². The van der Waals surface area contributed by atoms with E-state index in [1.54, 1.807) is 30.3 Å². The lowest BCUT2D eigenvalue weighted by Crippen LogP contribution is -1.84. The zero-order valence-electron chi connectivity index (χ0n) is 9.82. The number of para-hydroxylation sites is 1. The molecule has 0 saturated carbocycles. The minimum absolute atomic E-state index is 0.283. The second kappa shape index (κ2) is 4.94. The van der Waals surface area contributed by atoms with Crippen LogP contribution >= 0.6 is 11.6 Å². The van der Waals surface area contributed by atoms with E-state index in [0.29, 0.717) is 22.1 Å². The van der Waals surface area contributed by atoms with Crippen LogP contribution in [-0.2, 0) is 6.67 Å². The Morgan fingerprint density at radius 3 is 2.95 bits per heavy atom. The summed E-state index contributed by atoms with van der Waals surface area (Å²) in [6, 6.07) is 15.0. The number of ether oxygens (including phenoxy) is 1. The molecule has 1 aromatic heterocycles. The maximum absolute atomic E-state index is 12.6. The van der Waals surface area contributed by atoms with E-state index in [1.165, 1.54) is 0 Å². The van der Waals surface area contributed by atoms with Crippen molar-refractivity contribution in [2.24, 2.45) is 0 Å². The minimum atomic E-state index is -0.639. The van der Waals surface area contributed by atoms with Gasteiger partial charge < -0.3 is 9.15 Å². The summed E-state index contributed by atoms with van der Waals surface area (Å²) in [7, 11) is 0. The van der Waals surface area contributed by atoms with E-state index in [-0.39, 0.29) is 5.76 Å². The molecular weight excluding hydrogens is 267 g/mol. The standard InChI is InChI=1S/C15H9ClFO2/c16-11-4-2-5-12(8-11)18-14-6-1-3-10-7-13(9-17)19-15(10)14/h1-3,5-8H,9H2. The highest BCUT2D eigenvalue weighted by molar-refractivity contribution is 6.30. The Morgan fingerprint density at radius 1 is 1.26 bits per heavy atom. The number of rotatable bonds is 3. The number of benzene rings is 2. The van der Waals surface area contributed by atoms with Gasteiger partial charge in [0.2, 0.25) is 0 Å². The molecule has 2 aromatic carbocycles. The van der Waals surface area contributed by atoms with Gasteiger partial charge in [-0.2, -0.15) is 0 Å². The molecule has 0 bridgehead atoms. The van der Waals surface area contributed by atoms with E-state index in [1.807, 2.05) is 12.1 Å². The third kappa shape index (κ3) is 2.42. The molecule has 2 nitrogen and oxygen atoms in total. The summed E-state index contributed by atoms with van der Waals surface area (Å²) in [5.74, 6) is 1.39. The molecule has 0 aliphatic rings. The third-order valence-electron chi connectivity index (χ3n) is 2.66. The largest absolute Gasteiger partial charge is 0.454 e. The second-order valence-corrected chi connectivity index (χ2v) is 4.40. The lowest BCUT2D eigenvalue weighted by Gasteiger charge is -2.06. The molecule has 3 aromatic rings. The molecule has 95 valence electrons. The minimum Gasteiger partial charge on any atom is -0.454 e. The van der Waals surface area contributed by atoms with Gasteiger partial charge >= 0.3 is 0 Å². The molecule has 0 unspecified atom stereocenters. The Hall–Kier alpha value is -2.00. The van der Waals surface area contributed by atoms with Crippen LogP contribution in [0.5, 0.6) is 11.5 Å². The maximum Gasteiger partial charge on any atom is 0.176 e. The molecule has 0 saturated heterocycles. The fraction of sp³-hybridized carbons (Fsp3) is 0.0667. The summed E-state index contributed by atoms with van der Waals surface area (Å²) in [4.78, 5) is 0. The number of hydrogen-bond donors (Lipinski definition) is 0. The Labute approximate surface area is 114 Å². The average Bonchev–Trinajstić information content (AvgIpc) is 2.83. The molecule has 0 aliphatic heterocycles. The second-order valence-electron chi connectivity index (χ2n) is 4.00. The van der Waals surface area contributed by atoms with Crippen LogP contribution in [0.1, 0.15) is 5.76 Å². The van der Waals surface area contributed by atoms with E-state index < -0.39 is 6.67 Å². The number of alkyl halides is 1. The highest BCUT2D eigenvalue weighted by atomic mass is 35.5. The number of furan rings is 1. The van der Waals surface area contributed by atoms with E-state index in [4.69, 9.17) is 20.8 Å². The van der Waals surface area contributed by atoms with Crippen molar-refractivity contribution in [3.63, 3.8) is 0 Å². The molecule has 0 aliphatic carbocycles. The monoisotopic (exact) mass is 275 g/mol. The zero-order chi connectivity index (χ0) is 13.2. The fourth-order valence-corrected chi connectivity index (χ4v) is 2.01. The van der Waals surface area contributed by atoms with Crippen LogP contribution in [-0.4, -0.2) is 0 Å². The predicted octanol–water partition coefficient (Wildman–Crippen LogP) is 5.15. The van der Waals surface area contributed by atoms with Crippen LogP contribution < -0.4 is 4.74 Å². The van der Waals surface area contributed by atoms with Crippen LogP contribution in [0.3, 0.4) is 0 Å². The first-order chi connectivity index (χ1) is 9.26. The van der Waals surface area contributed by atoms with Crippen molar-refractivity contribution >= 4 is 22.6 Å². The zero-order valence-corrected chi connectivity index (χ0v) is 10.6. The van der Waals surface area contributed by atoms with Gasteiger partial charge in [0.15, 0.2) is 11.3 Å². The van der Waals surface area contributed by atoms with Crippen molar-refractivity contribution in [3.8, 4) is 11.5 Å². The molecule has 0 spiro atoms. The fourth-order valence-electron chi connectivity index (χ4n) is 1.84. The van der Waals surface area contributed by atoms with Crippen molar-refractivity contribution < 1.29 is 13.5 Å². The van der Waals surface area contributed by atoms with Gasteiger partial charge in [-0.05, 0) is 24.3 Å². The van der Waals surface area contributed by atoms with Crippen molar-refractivity contribution in [2.45, 2.75) is 6.67 Å². The van der Waals surface area contributed by atoms with Crippen LogP contribution in [0.25, 0.3) is 11.0 Å². The van der Waals surface area contributed by atoms with Crippen molar-refractivity contribution in [1.82, 2.24) is 0 Å². The number of fused-ring (bicyclic) bond motifs is 1. The first-order valence-electron chi connectivity index (χ1n) is 5.69. The SMILES string of the molecule is FCc1cc2cccc(Oc3cc[c]c(Cl)c3)c2o1. The highest BCUT2D eigenvalue weighted by Gasteiger charge is 2.10. The number of hydrogen-bond acceptors (Lipinski definition) is 2. The van der Waals surface area contributed by atoms with E-state index in [9.17, 15) is 4.39 Å². The van der Waals surface area contributed by atoms with Crippen molar-refractivity contribution in [3.05, 3.63) is 59.3 Å². The van der Waals surface area contributed by atoms with Gasteiger partial charge in [0, 0.05) is 17.5 Å². The van der Waals surface area contributed by atoms with Crippen LogP contribution in [0.2, 0.25) is 5.02 Å². The molecule has 0 N–H and O–H groups in total. The Bertz CT molecular complexity index is 721. The molecule has 0 atom stereocenters. The van der Waals surface area contributed by atoms with Crippen molar-refractivity contribution in [2.75, 3.05) is 0 Å². The molecule has 1 radical (unpaired) electrons. The topological polar surface area (TPSA) is 22.4 Å². The van der Waals surface area contributed by atoms with Gasteiger partial charge in [-0.1, -0.05) is 23.7 Å². The van der Waals surface area contributed by atoms with E-state index in [2.05, 4.69) is 6.07 Å². The van der Waals surface area contributed by atoms with Gasteiger partial charge in [-0.15, -0.1) is 0 Å². The molecule has 1 heterocycles. The Kier molecular flexibility index (Phi) is 3.13. The average molecular weight is 276 g/mol. The normalized spacial score (nSPS) is 10.8. The quantitative estimate of drug-likeness (QED) is 0.660. The highest BCUT2D eigenvalue weighted by Crippen LogP contribution is 2.32. The lowest BCUT2D eigenvalue weighted by atomic mass is 10.2. The van der Waals surface area contributed by atoms with E-state index >= 15 is 0 Å². The van der Waals surface area contributed by atoms with Gasteiger partial charge in [-0.25, -0.2) is 4.39 Å². The molecule has 3 rings (SSSR count). The molecule has 0 amide bonds. The van der Waals surface area contributed by atoms with Gasteiger partial charge in [0.25, 0.3) is 0 Å². The van der Waals surface area contributed by atoms with Gasteiger partial charge in [0.05, 0.1) is 5.02 Å². The van der Waals surface area contributed by atoms with E-state index in [0.717, 1.165) is 5.39 Å². The van der Waals surface area contributed by atoms with Crippen LogP contribution in [0, 0.1) is 6.07 Å². The lowest BCUT2D eigenvalue weighted by molar-refractivity contribution is 0.400. The summed E-state index contributed by atoms with van der Waals surface area (Å²) in [5.41, 5.74) is 0.527.